The van der Waals surface area contributed by atoms with E-state index in [9.17, 15) is 13.2 Å². The highest BCUT2D eigenvalue weighted by atomic mass is 32.2. The van der Waals surface area contributed by atoms with E-state index in [0.29, 0.717) is 13.0 Å². The van der Waals surface area contributed by atoms with Gasteiger partial charge in [0, 0.05) is 0 Å². The molecule has 1 fully saturated rings. The maximum absolute atomic E-state index is 11.6. The largest absolute Gasteiger partial charge is 0.458 e. The van der Waals surface area contributed by atoms with Crippen LogP contribution < -0.4 is 5.32 Å². The Morgan fingerprint density at radius 2 is 2.00 bits per heavy atom. The highest BCUT2D eigenvalue weighted by Gasteiger charge is 2.37. The molecule has 88 valence electrons. The minimum Gasteiger partial charge on any atom is -0.458 e. The van der Waals surface area contributed by atoms with Gasteiger partial charge in [-0.3, -0.25) is 5.32 Å². The Morgan fingerprint density at radius 1 is 1.40 bits per heavy atom. The van der Waals surface area contributed by atoms with Crippen LogP contribution >= 0.6 is 0 Å². The first kappa shape index (κ1) is 12.4. The third-order valence-electron chi connectivity index (χ3n) is 1.92. The molecule has 0 radical (unpaired) electrons. The summed E-state index contributed by atoms with van der Waals surface area (Å²) in [7, 11) is -3.38. The summed E-state index contributed by atoms with van der Waals surface area (Å²) in [6.45, 7) is 5.66. The lowest BCUT2D eigenvalue weighted by Gasteiger charge is -2.26. The number of ether oxygens (including phenoxy) is 1. The standard InChI is InChI=1S/C9H17NO4S/c1-9(2,3)14-8(11)7-10-5-4-6-15(7,12)13/h7,10H,4-6H2,1-3H3. The molecule has 1 rings (SSSR count). The summed E-state index contributed by atoms with van der Waals surface area (Å²) in [5.74, 6) is -0.661. The van der Waals surface area contributed by atoms with Crippen LogP contribution in [0.15, 0.2) is 0 Å². The molecule has 15 heavy (non-hydrogen) atoms. The number of carbonyl (C=O) groups excluding carboxylic acids is 1. The Balaban J connectivity index is 2.74. The van der Waals surface area contributed by atoms with E-state index in [4.69, 9.17) is 4.74 Å². The summed E-state index contributed by atoms with van der Waals surface area (Å²) in [6, 6.07) is 0. The highest BCUT2D eigenvalue weighted by Crippen LogP contribution is 2.14. The van der Waals surface area contributed by atoms with Crippen LogP contribution in [-0.4, -0.2) is 37.7 Å². The van der Waals surface area contributed by atoms with Crippen molar-refractivity contribution < 1.29 is 17.9 Å². The van der Waals surface area contributed by atoms with Gasteiger partial charge in [-0.2, -0.15) is 0 Å². The van der Waals surface area contributed by atoms with Gasteiger partial charge in [0.1, 0.15) is 5.60 Å². The van der Waals surface area contributed by atoms with Crippen molar-refractivity contribution >= 4 is 15.8 Å². The monoisotopic (exact) mass is 235 g/mol. The first-order chi connectivity index (χ1) is 6.72. The van der Waals surface area contributed by atoms with Crippen LogP contribution in [0, 0.1) is 0 Å². The molecule has 0 aliphatic carbocycles. The van der Waals surface area contributed by atoms with Crippen molar-refractivity contribution in [3.63, 3.8) is 0 Å². The maximum Gasteiger partial charge on any atom is 0.339 e. The van der Waals surface area contributed by atoms with Gasteiger partial charge in [-0.15, -0.1) is 0 Å². The van der Waals surface area contributed by atoms with Gasteiger partial charge in [0.05, 0.1) is 5.75 Å². The fourth-order valence-electron chi connectivity index (χ4n) is 1.34. The van der Waals surface area contributed by atoms with Crippen molar-refractivity contribution in [1.82, 2.24) is 5.32 Å². The molecule has 1 aliphatic rings. The Bertz CT molecular complexity index is 342. The van der Waals surface area contributed by atoms with Crippen LogP contribution in [0.1, 0.15) is 27.2 Å². The molecule has 1 atom stereocenters. The Labute approximate surface area is 90.1 Å². The van der Waals surface area contributed by atoms with Crippen molar-refractivity contribution in [2.24, 2.45) is 0 Å². The summed E-state index contributed by atoms with van der Waals surface area (Å²) in [5.41, 5.74) is -0.661. The quantitative estimate of drug-likeness (QED) is 0.651. The smallest absolute Gasteiger partial charge is 0.339 e. The lowest BCUT2D eigenvalue weighted by molar-refractivity contribution is -0.155. The fourth-order valence-corrected chi connectivity index (χ4v) is 2.83. The van der Waals surface area contributed by atoms with Crippen molar-refractivity contribution in [2.45, 2.75) is 38.2 Å². The first-order valence-electron chi connectivity index (χ1n) is 4.90. The predicted octanol–water partition coefficient (Wildman–Crippen LogP) is 0.0623. The summed E-state index contributed by atoms with van der Waals surface area (Å²) >= 11 is 0. The van der Waals surface area contributed by atoms with Crippen LogP contribution in [0.5, 0.6) is 0 Å². The van der Waals surface area contributed by atoms with E-state index in [1.54, 1.807) is 20.8 Å². The zero-order chi connectivity index (χ0) is 11.7. The number of nitrogens with one attached hydrogen (secondary N) is 1. The van der Waals surface area contributed by atoms with Crippen molar-refractivity contribution in [3.8, 4) is 0 Å². The van der Waals surface area contributed by atoms with Crippen LogP contribution in [0.2, 0.25) is 0 Å². The second-order valence-electron chi connectivity index (χ2n) is 4.59. The molecule has 0 aromatic rings. The van der Waals surface area contributed by atoms with Gasteiger partial charge in [-0.1, -0.05) is 0 Å². The molecule has 1 unspecified atom stereocenters. The normalized spacial score (nSPS) is 25.9. The van der Waals surface area contributed by atoms with Crippen LogP contribution in [0.3, 0.4) is 0 Å². The molecule has 0 aromatic heterocycles. The van der Waals surface area contributed by atoms with E-state index in [2.05, 4.69) is 5.32 Å². The van der Waals surface area contributed by atoms with Crippen molar-refractivity contribution in [3.05, 3.63) is 0 Å². The molecule has 5 nitrogen and oxygen atoms in total. The third-order valence-corrected chi connectivity index (χ3v) is 3.85. The lowest BCUT2D eigenvalue weighted by Crippen LogP contribution is -2.51. The summed E-state index contributed by atoms with van der Waals surface area (Å²) in [4.78, 5) is 11.6. The number of carbonyl (C=O) groups is 1. The number of hydrogen-bond acceptors (Lipinski definition) is 5. The van der Waals surface area contributed by atoms with E-state index in [1.807, 2.05) is 0 Å². The minimum absolute atomic E-state index is 0.0455. The van der Waals surface area contributed by atoms with E-state index in [1.165, 1.54) is 0 Å². The van der Waals surface area contributed by atoms with Crippen LogP contribution in [0.4, 0.5) is 0 Å². The molecule has 1 N–H and O–H groups in total. The van der Waals surface area contributed by atoms with Crippen molar-refractivity contribution in [1.29, 1.82) is 0 Å². The number of esters is 1. The molecule has 0 bridgehead atoms. The first-order valence-corrected chi connectivity index (χ1v) is 6.62. The average molecular weight is 235 g/mol. The molecule has 1 saturated heterocycles. The van der Waals surface area contributed by atoms with E-state index in [-0.39, 0.29) is 5.75 Å². The number of hydrogen-bond donors (Lipinski definition) is 1. The fraction of sp³-hybridized carbons (Fsp3) is 0.889. The van der Waals surface area contributed by atoms with Gasteiger partial charge < -0.3 is 4.74 Å². The molecular formula is C9H17NO4S. The summed E-state index contributed by atoms with van der Waals surface area (Å²) < 4.78 is 28.1. The van der Waals surface area contributed by atoms with E-state index < -0.39 is 26.8 Å². The van der Waals surface area contributed by atoms with Gasteiger partial charge in [-0.25, -0.2) is 13.2 Å². The Kier molecular flexibility index (Phi) is 3.40. The Hall–Kier alpha value is -0.620. The third kappa shape index (κ3) is 3.46. The predicted molar refractivity (Wildman–Crippen MR) is 56.0 cm³/mol. The molecule has 1 heterocycles. The van der Waals surface area contributed by atoms with E-state index >= 15 is 0 Å². The SMILES string of the molecule is CC(C)(C)OC(=O)C1NCCCS1(=O)=O. The summed E-state index contributed by atoms with van der Waals surface area (Å²) in [5, 5.41) is 1.48. The average Bonchev–Trinajstić information content (AvgIpc) is 1.99. The van der Waals surface area contributed by atoms with Crippen molar-refractivity contribution in [2.75, 3.05) is 12.3 Å². The number of sulfone groups is 1. The number of rotatable bonds is 1. The lowest BCUT2D eigenvalue weighted by atomic mass is 10.2. The van der Waals surface area contributed by atoms with Gasteiger partial charge in [0.2, 0.25) is 5.37 Å². The molecule has 0 saturated carbocycles. The van der Waals surface area contributed by atoms with Gasteiger partial charge in [0.25, 0.3) is 0 Å². The second-order valence-corrected chi connectivity index (χ2v) is 6.79. The Morgan fingerprint density at radius 3 is 2.47 bits per heavy atom. The molecule has 0 amide bonds. The minimum atomic E-state index is -3.38. The summed E-state index contributed by atoms with van der Waals surface area (Å²) in [6.07, 6.45) is 0.543. The van der Waals surface area contributed by atoms with E-state index in [0.717, 1.165) is 0 Å². The molecule has 0 spiro atoms. The van der Waals surface area contributed by atoms with Gasteiger partial charge >= 0.3 is 5.97 Å². The molecule has 6 heteroatoms. The molecule has 1 aliphatic heterocycles. The highest BCUT2D eigenvalue weighted by molar-refractivity contribution is 7.92. The van der Waals surface area contributed by atoms with Gasteiger partial charge in [0.15, 0.2) is 9.84 Å². The van der Waals surface area contributed by atoms with Crippen LogP contribution in [-0.2, 0) is 19.4 Å². The maximum atomic E-state index is 11.6. The van der Waals surface area contributed by atoms with Crippen LogP contribution in [0.25, 0.3) is 0 Å². The molecule has 0 aromatic carbocycles. The molecular weight excluding hydrogens is 218 g/mol. The second kappa shape index (κ2) is 4.09. The zero-order valence-corrected chi connectivity index (χ0v) is 10.1. The van der Waals surface area contributed by atoms with Gasteiger partial charge in [-0.05, 0) is 33.7 Å². The topological polar surface area (TPSA) is 72.5 Å². The zero-order valence-electron chi connectivity index (χ0n) is 9.24.